The lowest BCUT2D eigenvalue weighted by Gasteiger charge is -2.44. The first kappa shape index (κ1) is 9.07. The van der Waals surface area contributed by atoms with Crippen LogP contribution in [0.5, 0.6) is 0 Å². The van der Waals surface area contributed by atoms with Crippen molar-refractivity contribution in [1.29, 1.82) is 0 Å². The largest absolute Gasteiger partial charge is 0.0625 e. The van der Waals surface area contributed by atoms with Crippen molar-refractivity contribution in [3.05, 3.63) is 0 Å². The zero-order chi connectivity index (χ0) is 10.6. The Morgan fingerprint density at radius 2 is 1.87 bits per heavy atom. The molecule has 0 aromatic rings. The molecule has 0 heteroatoms. The van der Waals surface area contributed by atoms with Crippen molar-refractivity contribution >= 4 is 0 Å². The van der Waals surface area contributed by atoms with Crippen molar-refractivity contribution < 1.29 is 0 Å². The van der Waals surface area contributed by atoms with Crippen molar-refractivity contribution in [2.24, 2.45) is 46.3 Å². The van der Waals surface area contributed by atoms with Crippen LogP contribution in [0.25, 0.3) is 0 Å². The van der Waals surface area contributed by atoms with Crippen LogP contribution in [-0.4, -0.2) is 0 Å². The summed E-state index contributed by atoms with van der Waals surface area (Å²) in [4.78, 5) is 0. The summed E-state index contributed by atoms with van der Waals surface area (Å²) in [5.74, 6) is 6.57. The normalized spacial score (nSPS) is 69.0. The molecule has 0 aromatic heterocycles. The van der Waals surface area contributed by atoms with Crippen LogP contribution in [-0.2, 0) is 0 Å². The highest BCUT2D eigenvalue weighted by atomic mass is 14.9. The van der Waals surface area contributed by atoms with E-state index in [2.05, 4.69) is 27.7 Å². The van der Waals surface area contributed by atoms with Gasteiger partial charge in [0.2, 0.25) is 0 Å². The second-order valence-corrected chi connectivity index (χ2v) is 7.70. The Balaban J connectivity index is 1.80. The Morgan fingerprint density at radius 3 is 2.47 bits per heavy atom. The molecule has 0 spiro atoms. The van der Waals surface area contributed by atoms with Gasteiger partial charge in [-0.1, -0.05) is 27.7 Å². The summed E-state index contributed by atoms with van der Waals surface area (Å²) in [5, 5.41) is 0. The molecule has 0 saturated heterocycles. The van der Waals surface area contributed by atoms with E-state index in [1.54, 1.807) is 12.8 Å². The highest BCUT2D eigenvalue weighted by Gasteiger charge is 2.86. The topological polar surface area (TPSA) is 0 Å². The molecule has 5 aliphatic rings. The summed E-state index contributed by atoms with van der Waals surface area (Å²) in [6.45, 7) is 10.2. The lowest BCUT2D eigenvalue weighted by molar-refractivity contribution is 0.0483. The predicted octanol–water partition coefficient (Wildman–Crippen LogP) is 3.96. The molecule has 6 bridgehead atoms. The Bertz CT molecular complexity index is 329. The van der Waals surface area contributed by atoms with Gasteiger partial charge in [-0.2, -0.15) is 0 Å². The maximum absolute atomic E-state index is 2.63. The molecule has 7 atom stereocenters. The van der Waals surface area contributed by atoms with Gasteiger partial charge in [0.25, 0.3) is 0 Å². The summed E-state index contributed by atoms with van der Waals surface area (Å²) < 4.78 is 0. The van der Waals surface area contributed by atoms with E-state index < -0.39 is 0 Å². The second-order valence-electron chi connectivity index (χ2n) is 7.70. The number of rotatable bonds is 1. The molecule has 5 fully saturated rings. The molecule has 0 amide bonds. The van der Waals surface area contributed by atoms with Gasteiger partial charge in [0, 0.05) is 0 Å². The van der Waals surface area contributed by atoms with E-state index in [1.165, 1.54) is 6.42 Å². The third-order valence-corrected chi connectivity index (χ3v) is 7.57. The van der Waals surface area contributed by atoms with Crippen molar-refractivity contribution in [3.63, 3.8) is 0 Å². The molecule has 0 aliphatic heterocycles. The van der Waals surface area contributed by atoms with Gasteiger partial charge >= 0.3 is 0 Å². The van der Waals surface area contributed by atoms with E-state index in [4.69, 9.17) is 0 Å². The number of hydrogen-bond acceptors (Lipinski definition) is 0. The lowest BCUT2D eigenvalue weighted by Crippen LogP contribution is -2.37. The fourth-order valence-electron chi connectivity index (χ4n) is 6.72. The van der Waals surface area contributed by atoms with Crippen LogP contribution in [0, 0.1) is 46.3 Å². The molecule has 5 rings (SSSR count). The predicted molar refractivity (Wildman–Crippen MR) is 62.4 cm³/mol. The van der Waals surface area contributed by atoms with E-state index >= 15 is 0 Å². The highest BCUT2D eigenvalue weighted by Crippen LogP contribution is 2.91. The summed E-state index contributed by atoms with van der Waals surface area (Å²) >= 11 is 0. The first-order valence-corrected chi connectivity index (χ1v) is 7.02. The van der Waals surface area contributed by atoms with Crippen LogP contribution in [0.2, 0.25) is 0 Å². The standard InChI is InChI=1S/C15H24/c1-8(2)9-5-6-14(3)10-7-11-13(12(9)10)15(11,14)4/h8-13H,5-7H2,1-4H3. The zero-order valence-electron chi connectivity index (χ0n) is 10.6. The number of hydrogen-bond donors (Lipinski definition) is 0. The third kappa shape index (κ3) is 0.666. The quantitative estimate of drug-likeness (QED) is 0.606. The second kappa shape index (κ2) is 2.17. The fraction of sp³-hybridized carbons (Fsp3) is 1.00. The minimum Gasteiger partial charge on any atom is -0.0625 e. The lowest BCUT2D eigenvalue weighted by atomic mass is 9.61. The summed E-state index contributed by atoms with van der Waals surface area (Å²) in [6.07, 6.45) is 4.68. The van der Waals surface area contributed by atoms with Crippen LogP contribution in [0.1, 0.15) is 47.0 Å². The van der Waals surface area contributed by atoms with Crippen molar-refractivity contribution in [1.82, 2.24) is 0 Å². The smallest absolute Gasteiger partial charge is 0.0204 e. The van der Waals surface area contributed by atoms with Crippen LogP contribution in [0.4, 0.5) is 0 Å². The van der Waals surface area contributed by atoms with E-state index in [1.807, 2.05) is 0 Å². The van der Waals surface area contributed by atoms with Gasteiger partial charge in [0.15, 0.2) is 0 Å². The maximum Gasteiger partial charge on any atom is -0.0204 e. The Kier molecular flexibility index (Phi) is 1.31. The molecule has 15 heavy (non-hydrogen) atoms. The van der Waals surface area contributed by atoms with Gasteiger partial charge in [-0.15, -0.1) is 0 Å². The SMILES string of the molecule is CC(C)C1CCC2(C)C3CC4C(C13)C42C. The Hall–Kier alpha value is 0. The molecule has 0 radical (unpaired) electrons. The fourth-order valence-corrected chi connectivity index (χ4v) is 6.72. The molecule has 5 saturated carbocycles. The maximum atomic E-state index is 2.63. The summed E-state index contributed by atoms with van der Waals surface area (Å²) in [5.41, 5.74) is 1.56. The summed E-state index contributed by atoms with van der Waals surface area (Å²) in [7, 11) is 0. The molecule has 0 nitrogen and oxygen atoms in total. The van der Waals surface area contributed by atoms with Gasteiger partial charge < -0.3 is 0 Å². The van der Waals surface area contributed by atoms with Crippen molar-refractivity contribution in [2.75, 3.05) is 0 Å². The third-order valence-electron chi connectivity index (χ3n) is 7.57. The Labute approximate surface area is 93.8 Å². The highest BCUT2D eigenvalue weighted by molar-refractivity contribution is 5.33. The van der Waals surface area contributed by atoms with Gasteiger partial charge in [-0.05, 0) is 65.6 Å². The van der Waals surface area contributed by atoms with E-state index in [-0.39, 0.29) is 0 Å². The van der Waals surface area contributed by atoms with Crippen LogP contribution >= 0.6 is 0 Å². The van der Waals surface area contributed by atoms with Crippen molar-refractivity contribution in [3.8, 4) is 0 Å². The molecule has 0 heterocycles. The molecular weight excluding hydrogens is 180 g/mol. The van der Waals surface area contributed by atoms with Crippen LogP contribution < -0.4 is 0 Å². The molecule has 7 unspecified atom stereocenters. The van der Waals surface area contributed by atoms with Crippen LogP contribution in [0.15, 0.2) is 0 Å². The minimum absolute atomic E-state index is 0.762. The van der Waals surface area contributed by atoms with Crippen molar-refractivity contribution in [2.45, 2.75) is 47.0 Å². The molecule has 0 aromatic carbocycles. The van der Waals surface area contributed by atoms with Gasteiger partial charge in [-0.3, -0.25) is 0 Å². The minimum atomic E-state index is 0.762. The molecule has 5 aliphatic carbocycles. The van der Waals surface area contributed by atoms with E-state index in [0.717, 1.165) is 46.3 Å². The average Bonchev–Trinajstić information content (AvgIpc) is 2.49. The monoisotopic (exact) mass is 204 g/mol. The zero-order valence-corrected chi connectivity index (χ0v) is 10.6. The first-order chi connectivity index (χ1) is 7.02. The molecule has 0 N–H and O–H groups in total. The first-order valence-electron chi connectivity index (χ1n) is 7.02. The van der Waals surface area contributed by atoms with Crippen LogP contribution in [0.3, 0.4) is 0 Å². The summed E-state index contributed by atoms with van der Waals surface area (Å²) in [6, 6.07) is 0. The van der Waals surface area contributed by atoms with Gasteiger partial charge in [-0.25, -0.2) is 0 Å². The molecular formula is C15H24. The van der Waals surface area contributed by atoms with E-state index in [9.17, 15) is 0 Å². The molecule has 84 valence electrons. The Morgan fingerprint density at radius 1 is 1.13 bits per heavy atom. The van der Waals surface area contributed by atoms with E-state index in [0.29, 0.717) is 0 Å². The van der Waals surface area contributed by atoms with Gasteiger partial charge in [0.05, 0.1) is 0 Å². The average molecular weight is 204 g/mol. The van der Waals surface area contributed by atoms with Gasteiger partial charge in [0.1, 0.15) is 0 Å².